The van der Waals surface area contributed by atoms with E-state index in [1.165, 1.54) is 4.90 Å². The van der Waals surface area contributed by atoms with Crippen LogP contribution in [-0.4, -0.2) is 33.7 Å². The van der Waals surface area contributed by atoms with Crippen LogP contribution in [-0.2, 0) is 9.59 Å². The molecule has 2 amide bonds. The number of carbonyl (C=O) groups excluding carboxylic acids is 2. The second kappa shape index (κ2) is 8.13. The van der Waals surface area contributed by atoms with Gasteiger partial charge in [0.15, 0.2) is 0 Å². The second-order valence-electron chi connectivity index (χ2n) is 8.98. The largest absolute Gasteiger partial charge is 0.497 e. The van der Waals surface area contributed by atoms with Crippen molar-refractivity contribution in [3.05, 3.63) is 77.9 Å². The summed E-state index contributed by atoms with van der Waals surface area (Å²) in [5.74, 6) is 0.459. The van der Waals surface area contributed by atoms with Crippen LogP contribution in [0.3, 0.4) is 0 Å². The molecule has 1 saturated heterocycles. The fraction of sp³-hybridized carbons (Fsp3) is 0.308. The summed E-state index contributed by atoms with van der Waals surface area (Å²) in [5, 5.41) is 8.17. The highest BCUT2D eigenvalue weighted by Gasteiger charge is 2.49. The van der Waals surface area contributed by atoms with Crippen LogP contribution in [0.2, 0.25) is 0 Å². The molecule has 0 radical (unpaired) electrons. The van der Waals surface area contributed by atoms with Crippen molar-refractivity contribution in [1.82, 2.24) is 14.8 Å². The van der Waals surface area contributed by atoms with Crippen LogP contribution in [0.4, 0.5) is 11.9 Å². The summed E-state index contributed by atoms with van der Waals surface area (Å²) in [6.07, 6.45) is 5.87. The van der Waals surface area contributed by atoms with E-state index < -0.39 is 0 Å². The number of benzene rings is 2. The molecule has 0 unspecified atom stereocenters. The normalized spacial score (nSPS) is 25.6. The molecule has 3 aliphatic rings. The Balaban J connectivity index is 1.38. The highest BCUT2D eigenvalue weighted by Crippen LogP contribution is 2.41. The highest BCUT2D eigenvalue weighted by atomic mass is 16.5. The van der Waals surface area contributed by atoms with Gasteiger partial charge >= 0.3 is 0 Å². The summed E-state index contributed by atoms with van der Waals surface area (Å²) in [4.78, 5) is 32.1. The number of methoxy groups -OCH3 is 1. The maximum atomic E-state index is 13.1. The van der Waals surface area contributed by atoms with Gasteiger partial charge in [0.05, 0.1) is 31.0 Å². The smallest absolute Gasteiger partial charge is 0.260 e. The number of ether oxygens (including phenoxy) is 1. The molecule has 172 valence electrons. The topological polar surface area (TPSA) is 89.4 Å². The zero-order valence-electron chi connectivity index (χ0n) is 18.8. The van der Waals surface area contributed by atoms with E-state index in [1.54, 1.807) is 7.11 Å². The molecule has 1 N–H and O–H groups in total. The van der Waals surface area contributed by atoms with Gasteiger partial charge < -0.3 is 10.1 Å². The van der Waals surface area contributed by atoms with Gasteiger partial charge in [-0.3, -0.25) is 9.59 Å². The van der Waals surface area contributed by atoms with E-state index in [1.807, 2.05) is 59.3 Å². The molecule has 3 heterocycles. The second-order valence-corrected chi connectivity index (χ2v) is 8.98. The molecule has 4 atom stereocenters. The van der Waals surface area contributed by atoms with Gasteiger partial charge in [-0.1, -0.05) is 54.6 Å². The summed E-state index contributed by atoms with van der Waals surface area (Å²) in [6, 6.07) is 18.0. The van der Waals surface area contributed by atoms with Crippen molar-refractivity contribution in [1.29, 1.82) is 0 Å². The number of amides is 2. The van der Waals surface area contributed by atoms with Crippen molar-refractivity contribution in [3.63, 3.8) is 0 Å². The Morgan fingerprint density at radius 1 is 0.912 bits per heavy atom. The van der Waals surface area contributed by atoms with Crippen molar-refractivity contribution in [2.24, 2.45) is 11.8 Å². The average Bonchev–Trinajstić information content (AvgIpc) is 3.42. The molecule has 6 rings (SSSR count). The fourth-order valence-corrected chi connectivity index (χ4v) is 5.27. The van der Waals surface area contributed by atoms with Gasteiger partial charge in [0.25, 0.3) is 5.95 Å². The minimum absolute atomic E-state index is 0.0163. The van der Waals surface area contributed by atoms with Gasteiger partial charge in [-0.25, -0.2) is 9.58 Å². The molecule has 0 saturated carbocycles. The number of hydrogen-bond acceptors (Lipinski definition) is 6. The first-order valence-corrected chi connectivity index (χ1v) is 11.6. The predicted molar refractivity (Wildman–Crippen MR) is 126 cm³/mol. The van der Waals surface area contributed by atoms with Crippen molar-refractivity contribution in [3.8, 4) is 5.75 Å². The summed E-state index contributed by atoms with van der Waals surface area (Å²) >= 11 is 0. The Kier molecular flexibility index (Phi) is 4.94. The van der Waals surface area contributed by atoms with Crippen molar-refractivity contribution in [2.45, 2.75) is 31.3 Å². The monoisotopic (exact) mass is 455 g/mol. The third-order valence-corrected chi connectivity index (χ3v) is 7.09. The number of anilines is 2. The van der Waals surface area contributed by atoms with Crippen LogP contribution in [0.5, 0.6) is 5.75 Å². The predicted octanol–water partition coefficient (Wildman–Crippen LogP) is 3.89. The van der Waals surface area contributed by atoms with E-state index in [2.05, 4.69) is 22.4 Å². The van der Waals surface area contributed by atoms with E-state index >= 15 is 0 Å². The molecule has 8 nitrogen and oxygen atoms in total. The third-order valence-electron chi connectivity index (χ3n) is 7.09. The molecule has 1 aromatic heterocycles. The van der Waals surface area contributed by atoms with Crippen LogP contribution < -0.4 is 15.0 Å². The molecular weight excluding hydrogens is 430 g/mol. The van der Waals surface area contributed by atoms with Gasteiger partial charge in [-0.2, -0.15) is 4.98 Å². The van der Waals surface area contributed by atoms with E-state index in [0.717, 1.165) is 23.3 Å². The Bertz CT molecular complexity index is 1240. The van der Waals surface area contributed by atoms with E-state index in [9.17, 15) is 9.59 Å². The van der Waals surface area contributed by atoms with Crippen LogP contribution in [0, 0.1) is 11.8 Å². The SMILES string of the molecule is COc1ccc([C@@H]2C[C@@H](c3ccccc3)n3nc(N4C(=O)[C@H]5CC=CC[C@H]5C4=O)nc3N2)cc1. The van der Waals surface area contributed by atoms with E-state index in [-0.39, 0.29) is 41.7 Å². The number of allylic oxidation sites excluding steroid dienone is 2. The fourth-order valence-electron chi connectivity index (χ4n) is 5.27. The van der Waals surface area contributed by atoms with Crippen molar-refractivity contribution < 1.29 is 14.3 Å². The number of nitrogens with one attached hydrogen (secondary N) is 1. The van der Waals surface area contributed by atoms with Gasteiger partial charge in [0, 0.05) is 0 Å². The molecule has 34 heavy (non-hydrogen) atoms. The lowest BCUT2D eigenvalue weighted by Crippen LogP contribution is -2.32. The molecule has 2 aromatic carbocycles. The third kappa shape index (κ3) is 3.29. The number of nitrogens with zero attached hydrogens (tertiary/aromatic N) is 4. The Hall–Kier alpha value is -3.94. The number of fused-ring (bicyclic) bond motifs is 2. The highest BCUT2D eigenvalue weighted by molar-refractivity contribution is 6.21. The average molecular weight is 456 g/mol. The van der Waals surface area contributed by atoms with Gasteiger partial charge in [-0.05, 0) is 42.5 Å². The van der Waals surface area contributed by atoms with E-state index in [4.69, 9.17) is 9.84 Å². The first-order valence-electron chi connectivity index (χ1n) is 11.6. The summed E-state index contributed by atoms with van der Waals surface area (Å²) in [6.45, 7) is 0. The molecule has 0 spiro atoms. The zero-order valence-corrected chi connectivity index (χ0v) is 18.8. The molecule has 1 aliphatic carbocycles. The lowest BCUT2D eigenvalue weighted by molar-refractivity contribution is -0.122. The lowest BCUT2D eigenvalue weighted by Gasteiger charge is -2.31. The summed E-state index contributed by atoms with van der Waals surface area (Å²) < 4.78 is 7.11. The summed E-state index contributed by atoms with van der Waals surface area (Å²) in [5.41, 5.74) is 2.19. The number of aromatic nitrogens is 3. The summed E-state index contributed by atoms with van der Waals surface area (Å²) in [7, 11) is 1.65. The zero-order chi connectivity index (χ0) is 23.2. The van der Waals surface area contributed by atoms with Crippen LogP contribution in [0.1, 0.15) is 42.5 Å². The maximum Gasteiger partial charge on any atom is 0.260 e. The molecule has 0 bridgehead atoms. The van der Waals surface area contributed by atoms with Crippen LogP contribution in [0.15, 0.2) is 66.7 Å². The number of carbonyl (C=O) groups is 2. The molecule has 8 heteroatoms. The maximum absolute atomic E-state index is 13.1. The first-order chi connectivity index (χ1) is 16.6. The Morgan fingerprint density at radius 3 is 2.24 bits per heavy atom. The van der Waals surface area contributed by atoms with Gasteiger partial charge in [0.2, 0.25) is 17.8 Å². The van der Waals surface area contributed by atoms with Crippen molar-refractivity contribution >= 4 is 23.7 Å². The first kappa shape index (κ1) is 20.7. The number of hydrogen-bond donors (Lipinski definition) is 1. The van der Waals surface area contributed by atoms with Gasteiger partial charge in [0.1, 0.15) is 5.75 Å². The molecule has 1 fully saturated rings. The Morgan fingerprint density at radius 2 is 1.59 bits per heavy atom. The minimum Gasteiger partial charge on any atom is -0.497 e. The van der Waals surface area contributed by atoms with E-state index in [0.29, 0.717) is 18.8 Å². The van der Waals surface area contributed by atoms with Crippen LogP contribution >= 0.6 is 0 Å². The van der Waals surface area contributed by atoms with Crippen LogP contribution in [0.25, 0.3) is 0 Å². The van der Waals surface area contributed by atoms with Gasteiger partial charge in [-0.15, -0.1) is 5.10 Å². The lowest BCUT2D eigenvalue weighted by atomic mass is 9.85. The minimum atomic E-state index is -0.317. The quantitative estimate of drug-likeness (QED) is 0.474. The van der Waals surface area contributed by atoms with Crippen molar-refractivity contribution in [2.75, 3.05) is 17.3 Å². The number of rotatable bonds is 4. The Labute approximate surface area is 197 Å². The number of imide groups is 1. The molecule has 3 aromatic rings. The molecular formula is C26H25N5O3. The standard InChI is InChI=1S/C26H25N5O3/c1-34-18-13-11-16(12-14-18)21-15-22(17-7-3-2-4-8-17)31-25(27-21)28-26(29-31)30-23(32)19-9-5-6-10-20(19)24(30)33/h2-8,11-14,19-22H,9-10,15H2,1H3,(H,27,28,29)/t19-,20+,21-,22-/m0/s1. The molecule has 2 aliphatic heterocycles.